The van der Waals surface area contributed by atoms with Crippen LogP contribution in [0, 0.1) is 0 Å². The van der Waals surface area contributed by atoms with E-state index in [0.29, 0.717) is 17.2 Å². The van der Waals surface area contributed by atoms with Crippen molar-refractivity contribution in [3.05, 3.63) is 54.1 Å². The molecule has 0 bridgehead atoms. The van der Waals surface area contributed by atoms with Crippen molar-refractivity contribution in [1.82, 2.24) is 5.32 Å². The minimum Gasteiger partial charge on any atom is -0.448 e. The van der Waals surface area contributed by atoms with Crippen molar-refractivity contribution in [2.45, 2.75) is 37.9 Å². The van der Waals surface area contributed by atoms with Crippen LogP contribution >= 0.6 is 0 Å². The molecule has 27 heavy (non-hydrogen) atoms. The summed E-state index contributed by atoms with van der Waals surface area (Å²) in [6, 6.07) is 14.8. The molecular formula is C21H22N2O4. The Morgan fingerprint density at radius 2 is 1.67 bits per heavy atom. The summed E-state index contributed by atoms with van der Waals surface area (Å²) in [7, 11) is 0. The predicted molar refractivity (Wildman–Crippen MR) is 101 cm³/mol. The van der Waals surface area contributed by atoms with Gasteiger partial charge >= 0.3 is 0 Å². The van der Waals surface area contributed by atoms with E-state index < -0.39 is 5.79 Å². The summed E-state index contributed by atoms with van der Waals surface area (Å²) in [5, 5.41) is 5.42. The van der Waals surface area contributed by atoms with Gasteiger partial charge in [-0.15, -0.1) is 0 Å². The van der Waals surface area contributed by atoms with Crippen molar-refractivity contribution < 1.29 is 19.1 Å². The van der Waals surface area contributed by atoms with E-state index in [1.165, 1.54) is 0 Å². The molecule has 6 nitrogen and oxygen atoms in total. The summed E-state index contributed by atoms with van der Waals surface area (Å²) in [6.07, 6.45) is 4.22. The van der Waals surface area contributed by atoms with E-state index in [-0.39, 0.29) is 24.8 Å². The summed E-state index contributed by atoms with van der Waals surface area (Å²) >= 11 is 0. The highest BCUT2D eigenvalue weighted by atomic mass is 16.7. The number of nitrogens with one attached hydrogen (secondary N) is 2. The number of hydrogen-bond donors (Lipinski definition) is 2. The molecule has 4 rings (SSSR count). The van der Waals surface area contributed by atoms with Crippen LogP contribution in [0.4, 0.5) is 5.69 Å². The van der Waals surface area contributed by atoms with E-state index in [4.69, 9.17) is 9.47 Å². The molecule has 2 aromatic carbocycles. The number of rotatable bonds is 5. The van der Waals surface area contributed by atoms with Crippen molar-refractivity contribution in [3.63, 3.8) is 0 Å². The average molecular weight is 366 g/mol. The first-order valence-corrected chi connectivity index (χ1v) is 9.24. The number of hydrogen-bond acceptors (Lipinski definition) is 4. The lowest BCUT2D eigenvalue weighted by atomic mass is 10.1. The first-order chi connectivity index (χ1) is 13.1. The van der Waals surface area contributed by atoms with Crippen molar-refractivity contribution in [3.8, 4) is 11.5 Å². The molecule has 2 amide bonds. The van der Waals surface area contributed by atoms with Gasteiger partial charge in [0.25, 0.3) is 5.79 Å². The highest BCUT2D eigenvalue weighted by molar-refractivity contribution is 5.95. The Morgan fingerprint density at radius 3 is 2.44 bits per heavy atom. The smallest absolute Gasteiger partial charge is 0.251 e. The fourth-order valence-corrected chi connectivity index (χ4v) is 3.52. The van der Waals surface area contributed by atoms with Crippen molar-refractivity contribution in [2.24, 2.45) is 0 Å². The number of amides is 2. The summed E-state index contributed by atoms with van der Waals surface area (Å²) < 4.78 is 12.0. The van der Waals surface area contributed by atoms with Gasteiger partial charge in [-0.3, -0.25) is 9.59 Å². The molecule has 2 N–H and O–H groups in total. The number of fused-ring (bicyclic) bond motifs is 1. The molecule has 1 saturated carbocycles. The molecule has 2 aromatic rings. The van der Waals surface area contributed by atoms with Gasteiger partial charge in [-0.05, 0) is 30.5 Å². The number of ether oxygens (including phenoxy) is 2. The number of carbonyl (C=O) groups excluding carboxylic acids is 2. The Bertz CT molecular complexity index is 845. The van der Waals surface area contributed by atoms with Gasteiger partial charge in [-0.1, -0.05) is 30.3 Å². The van der Waals surface area contributed by atoms with E-state index in [1.54, 1.807) is 12.1 Å². The summed E-state index contributed by atoms with van der Waals surface area (Å²) in [5.74, 6) is 0.376. The second-order valence-corrected chi connectivity index (χ2v) is 6.97. The molecule has 1 aliphatic heterocycles. The van der Waals surface area contributed by atoms with Gasteiger partial charge < -0.3 is 20.1 Å². The monoisotopic (exact) mass is 366 g/mol. The van der Waals surface area contributed by atoms with Gasteiger partial charge in [-0.2, -0.15) is 0 Å². The van der Waals surface area contributed by atoms with E-state index >= 15 is 0 Å². The molecule has 0 atom stereocenters. The Balaban J connectivity index is 1.28. The van der Waals surface area contributed by atoms with E-state index in [2.05, 4.69) is 10.6 Å². The van der Waals surface area contributed by atoms with Gasteiger partial charge in [0.2, 0.25) is 11.8 Å². The Labute approximate surface area is 157 Å². The Hall–Kier alpha value is -3.02. The zero-order valence-corrected chi connectivity index (χ0v) is 15.0. The maximum atomic E-state index is 12.1. The van der Waals surface area contributed by atoms with Crippen LogP contribution in [0.1, 0.15) is 31.2 Å². The third-order valence-electron chi connectivity index (χ3n) is 4.84. The van der Waals surface area contributed by atoms with E-state index in [1.807, 2.05) is 36.4 Å². The minimum atomic E-state index is -0.517. The van der Waals surface area contributed by atoms with Gasteiger partial charge in [0, 0.05) is 24.6 Å². The molecular weight excluding hydrogens is 344 g/mol. The van der Waals surface area contributed by atoms with Crippen molar-refractivity contribution >= 4 is 17.5 Å². The number of carbonyl (C=O) groups is 2. The standard InChI is InChI=1S/C21H22N2O4/c24-19(12-15-6-2-1-3-7-15)22-14-20(25)23-16-8-9-17-18(13-16)27-21(26-17)10-4-5-11-21/h1-3,6-9,13H,4-5,10-12,14H2,(H,22,24)(H,23,25). The third-order valence-corrected chi connectivity index (χ3v) is 4.84. The van der Waals surface area contributed by atoms with Gasteiger partial charge in [0.15, 0.2) is 11.5 Å². The van der Waals surface area contributed by atoms with E-state index in [9.17, 15) is 9.59 Å². The van der Waals surface area contributed by atoms with Crippen LogP contribution in [0.5, 0.6) is 11.5 Å². The molecule has 0 unspecified atom stereocenters. The van der Waals surface area contributed by atoms with Crippen LogP contribution in [0.15, 0.2) is 48.5 Å². The maximum Gasteiger partial charge on any atom is 0.251 e. The van der Waals surface area contributed by atoms with Gasteiger partial charge in [-0.25, -0.2) is 0 Å². The molecule has 0 aromatic heterocycles. The highest BCUT2D eigenvalue weighted by Gasteiger charge is 2.44. The molecule has 1 aliphatic carbocycles. The van der Waals surface area contributed by atoms with Crippen LogP contribution in [-0.4, -0.2) is 24.1 Å². The van der Waals surface area contributed by atoms with Crippen molar-refractivity contribution in [2.75, 3.05) is 11.9 Å². The molecule has 1 heterocycles. The zero-order valence-electron chi connectivity index (χ0n) is 15.0. The van der Waals surface area contributed by atoms with Crippen LogP contribution in [0.25, 0.3) is 0 Å². The van der Waals surface area contributed by atoms with Crippen LogP contribution in [-0.2, 0) is 16.0 Å². The SMILES string of the molecule is O=C(Cc1ccccc1)NCC(=O)Nc1ccc2c(c1)OC1(CCCC1)O2. The number of anilines is 1. The summed E-state index contributed by atoms with van der Waals surface area (Å²) in [4.78, 5) is 24.1. The first-order valence-electron chi connectivity index (χ1n) is 9.24. The van der Waals surface area contributed by atoms with Crippen LogP contribution in [0.2, 0.25) is 0 Å². The summed E-state index contributed by atoms with van der Waals surface area (Å²) in [5.41, 5.74) is 1.53. The maximum absolute atomic E-state index is 12.1. The minimum absolute atomic E-state index is 0.0793. The lowest BCUT2D eigenvalue weighted by molar-refractivity contribution is -0.123. The lowest BCUT2D eigenvalue weighted by Gasteiger charge is -2.21. The average Bonchev–Trinajstić information content (AvgIpc) is 3.26. The quantitative estimate of drug-likeness (QED) is 0.853. The molecule has 1 spiro atoms. The molecule has 0 saturated heterocycles. The second kappa shape index (κ2) is 7.31. The molecule has 1 fully saturated rings. The zero-order chi connectivity index (χ0) is 18.7. The second-order valence-electron chi connectivity index (χ2n) is 6.97. The molecule has 6 heteroatoms. The Kier molecular flexibility index (Phi) is 4.71. The van der Waals surface area contributed by atoms with Crippen LogP contribution < -0.4 is 20.1 Å². The van der Waals surface area contributed by atoms with Gasteiger partial charge in [0.05, 0.1) is 13.0 Å². The fourth-order valence-electron chi connectivity index (χ4n) is 3.52. The molecule has 2 aliphatic rings. The molecule has 0 radical (unpaired) electrons. The normalized spacial score (nSPS) is 16.3. The predicted octanol–water partition coefficient (Wildman–Crippen LogP) is 3.03. The van der Waals surface area contributed by atoms with Crippen LogP contribution in [0.3, 0.4) is 0 Å². The highest BCUT2D eigenvalue weighted by Crippen LogP contribution is 2.47. The number of benzene rings is 2. The van der Waals surface area contributed by atoms with Crippen molar-refractivity contribution in [1.29, 1.82) is 0 Å². The summed E-state index contributed by atoms with van der Waals surface area (Å²) in [6.45, 7) is -0.0793. The van der Waals surface area contributed by atoms with E-state index in [0.717, 1.165) is 31.2 Å². The topological polar surface area (TPSA) is 76.7 Å². The fraction of sp³-hybridized carbons (Fsp3) is 0.333. The first kappa shape index (κ1) is 17.4. The largest absolute Gasteiger partial charge is 0.448 e. The van der Waals surface area contributed by atoms with Gasteiger partial charge in [0.1, 0.15) is 0 Å². The molecule has 140 valence electrons. The lowest BCUT2D eigenvalue weighted by Crippen LogP contribution is -2.34. The third kappa shape index (κ3) is 4.05. The Morgan fingerprint density at radius 1 is 0.926 bits per heavy atom.